The number of benzene rings is 3. The van der Waals surface area contributed by atoms with E-state index in [9.17, 15) is 13.6 Å². The minimum absolute atomic E-state index is 0.112. The zero-order chi connectivity index (χ0) is 19.8. The van der Waals surface area contributed by atoms with Crippen LogP contribution in [0.2, 0.25) is 0 Å². The van der Waals surface area contributed by atoms with Crippen molar-refractivity contribution in [2.45, 2.75) is 13.0 Å². The molecule has 0 aliphatic carbocycles. The van der Waals surface area contributed by atoms with E-state index in [0.29, 0.717) is 16.9 Å². The van der Waals surface area contributed by atoms with Gasteiger partial charge < -0.3 is 4.74 Å². The van der Waals surface area contributed by atoms with Gasteiger partial charge in [0.05, 0.1) is 12.6 Å². The highest BCUT2D eigenvalue weighted by molar-refractivity contribution is 5.83. The first kappa shape index (κ1) is 19.2. The molecule has 0 spiro atoms. The highest BCUT2D eigenvalue weighted by Gasteiger charge is 2.03. The molecule has 28 heavy (non-hydrogen) atoms. The lowest BCUT2D eigenvalue weighted by molar-refractivity contribution is -0.120. The molecule has 0 aliphatic rings. The first-order chi connectivity index (χ1) is 13.6. The number of halogens is 2. The molecule has 0 unspecified atom stereocenters. The summed E-state index contributed by atoms with van der Waals surface area (Å²) in [5.74, 6) is -0.348. The van der Waals surface area contributed by atoms with Crippen LogP contribution in [-0.4, -0.2) is 12.1 Å². The second kappa shape index (κ2) is 9.41. The van der Waals surface area contributed by atoms with Crippen LogP contribution in [0.1, 0.15) is 16.7 Å². The molecule has 0 saturated heterocycles. The summed E-state index contributed by atoms with van der Waals surface area (Å²) < 4.78 is 32.0. The van der Waals surface area contributed by atoms with Gasteiger partial charge in [0.1, 0.15) is 24.0 Å². The summed E-state index contributed by atoms with van der Waals surface area (Å²) in [4.78, 5) is 11.8. The normalized spacial score (nSPS) is 10.8. The van der Waals surface area contributed by atoms with Crippen molar-refractivity contribution in [3.05, 3.63) is 101 Å². The molecule has 3 aromatic carbocycles. The van der Waals surface area contributed by atoms with Crippen molar-refractivity contribution in [2.75, 3.05) is 0 Å². The lowest BCUT2D eigenvalue weighted by Gasteiger charge is -2.07. The standard InChI is InChI=1S/C22H18F2N2O2/c23-19-9-5-16(6-10-19)13-22(27)26-25-14-17-7-11-20(12-8-17)28-15-18-3-1-2-4-21(18)24/h1-12,14H,13,15H2,(H,26,27)/b25-14+. The quantitative estimate of drug-likeness (QED) is 0.492. The van der Waals surface area contributed by atoms with E-state index in [2.05, 4.69) is 10.5 Å². The lowest BCUT2D eigenvalue weighted by atomic mass is 10.1. The van der Waals surface area contributed by atoms with Crippen LogP contribution in [0, 0.1) is 11.6 Å². The number of nitrogens with zero attached hydrogens (tertiary/aromatic N) is 1. The second-order valence-corrected chi connectivity index (χ2v) is 6.05. The summed E-state index contributed by atoms with van der Waals surface area (Å²) in [6.07, 6.45) is 1.61. The van der Waals surface area contributed by atoms with Gasteiger partial charge in [0.2, 0.25) is 5.91 Å². The van der Waals surface area contributed by atoms with Gasteiger partial charge in [-0.25, -0.2) is 14.2 Å². The third-order valence-electron chi connectivity index (χ3n) is 3.91. The molecule has 0 aliphatic heterocycles. The van der Waals surface area contributed by atoms with Crippen LogP contribution in [-0.2, 0) is 17.8 Å². The Balaban J connectivity index is 1.47. The van der Waals surface area contributed by atoms with Gasteiger partial charge in [-0.2, -0.15) is 5.10 Å². The molecule has 0 saturated carbocycles. The van der Waals surface area contributed by atoms with E-state index >= 15 is 0 Å². The number of amides is 1. The van der Waals surface area contributed by atoms with E-state index in [1.165, 1.54) is 24.4 Å². The van der Waals surface area contributed by atoms with Crippen LogP contribution in [0.25, 0.3) is 0 Å². The maximum atomic E-state index is 13.6. The average molecular weight is 380 g/mol. The number of hydrogen-bond acceptors (Lipinski definition) is 3. The van der Waals surface area contributed by atoms with Crippen LogP contribution in [0.4, 0.5) is 8.78 Å². The van der Waals surface area contributed by atoms with Gasteiger partial charge >= 0.3 is 0 Å². The Hall–Kier alpha value is -3.54. The summed E-state index contributed by atoms with van der Waals surface area (Å²) in [5.41, 5.74) is 4.37. The molecular formula is C22H18F2N2O2. The van der Waals surface area contributed by atoms with Crippen LogP contribution < -0.4 is 10.2 Å². The predicted molar refractivity (Wildman–Crippen MR) is 103 cm³/mol. The SMILES string of the molecule is O=C(Cc1ccc(F)cc1)N/N=C/c1ccc(OCc2ccccc2F)cc1. The Morgan fingerprint density at radius 3 is 2.39 bits per heavy atom. The number of carbonyl (C=O) groups is 1. The highest BCUT2D eigenvalue weighted by Crippen LogP contribution is 2.15. The van der Waals surface area contributed by atoms with Gasteiger partial charge in [-0.05, 0) is 53.6 Å². The molecular weight excluding hydrogens is 362 g/mol. The maximum absolute atomic E-state index is 13.6. The van der Waals surface area contributed by atoms with Crippen molar-refractivity contribution in [1.29, 1.82) is 0 Å². The van der Waals surface area contributed by atoms with Crippen LogP contribution in [0.15, 0.2) is 77.9 Å². The van der Waals surface area contributed by atoms with Crippen molar-refractivity contribution in [3.8, 4) is 5.75 Å². The van der Waals surface area contributed by atoms with E-state index in [-0.39, 0.29) is 30.6 Å². The van der Waals surface area contributed by atoms with E-state index < -0.39 is 0 Å². The molecule has 1 N–H and O–H groups in total. The summed E-state index contributed by atoms with van der Waals surface area (Å²) in [5, 5.41) is 3.90. The van der Waals surface area contributed by atoms with Crippen molar-refractivity contribution in [2.24, 2.45) is 5.10 Å². The third-order valence-corrected chi connectivity index (χ3v) is 3.91. The molecule has 0 bridgehead atoms. The Bertz CT molecular complexity index is 955. The number of ether oxygens (including phenoxy) is 1. The Kier molecular flexibility index (Phi) is 6.46. The summed E-state index contributed by atoms with van der Waals surface area (Å²) >= 11 is 0. The van der Waals surface area contributed by atoms with Gasteiger partial charge in [0, 0.05) is 5.56 Å². The topological polar surface area (TPSA) is 50.7 Å². The Morgan fingerprint density at radius 1 is 0.964 bits per heavy atom. The largest absolute Gasteiger partial charge is 0.489 e. The van der Waals surface area contributed by atoms with Gasteiger partial charge in [-0.15, -0.1) is 0 Å². The van der Waals surface area contributed by atoms with Gasteiger partial charge in [-0.3, -0.25) is 4.79 Å². The van der Waals surface area contributed by atoms with Crippen molar-refractivity contribution >= 4 is 12.1 Å². The number of carbonyl (C=O) groups excluding carboxylic acids is 1. The molecule has 0 radical (unpaired) electrons. The molecule has 3 aromatic rings. The second-order valence-electron chi connectivity index (χ2n) is 6.05. The Labute approximate surface area is 161 Å². The Morgan fingerprint density at radius 2 is 1.68 bits per heavy atom. The first-order valence-corrected chi connectivity index (χ1v) is 8.63. The molecule has 0 heterocycles. The number of rotatable bonds is 7. The predicted octanol–water partition coefficient (Wildman–Crippen LogP) is 4.24. The third kappa shape index (κ3) is 5.74. The van der Waals surface area contributed by atoms with Crippen molar-refractivity contribution < 1.29 is 18.3 Å². The zero-order valence-electron chi connectivity index (χ0n) is 14.9. The summed E-state index contributed by atoms with van der Waals surface area (Å²) in [6, 6.07) is 19.2. The molecule has 142 valence electrons. The summed E-state index contributed by atoms with van der Waals surface area (Å²) in [6.45, 7) is 0.138. The molecule has 4 nitrogen and oxygen atoms in total. The fourth-order valence-electron chi connectivity index (χ4n) is 2.43. The first-order valence-electron chi connectivity index (χ1n) is 8.63. The molecule has 0 aromatic heterocycles. The molecule has 0 fully saturated rings. The number of nitrogens with one attached hydrogen (secondary N) is 1. The average Bonchev–Trinajstić information content (AvgIpc) is 2.70. The number of hydrogen-bond donors (Lipinski definition) is 1. The van der Waals surface area contributed by atoms with Gasteiger partial charge in [0.25, 0.3) is 0 Å². The minimum Gasteiger partial charge on any atom is -0.489 e. The molecule has 3 rings (SSSR count). The van der Waals surface area contributed by atoms with E-state index in [4.69, 9.17) is 4.74 Å². The van der Waals surface area contributed by atoms with Crippen LogP contribution >= 0.6 is 0 Å². The molecule has 6 heteroatoms. The fraction of sp³-hybridized carbons (Fsp3) is 0.0909. The smallest absolute Gasteiger partial charge is 0.244 e. The zero-order valence-corrected chi connectivity index (χ0v) is 14.9. The van der Waals surface area contributed by atoms with E-state index in [0.717, 1.165) is 5.56 Å². The van der Waals surface area contributed by atoms with Crippen molar-refractivity contribution in [3.63, 3.8) is 0 Å². The van der Waals surface area contributed by atoms with Crippen molar-refractivity contribution in [1.82, 2.24) is 5.43 Å². The summed E-state index contributed by atoms with van der Waals surface area (Å²) in [7, 11) is 0. The van der Waals surface area contributed by atoms with Crippen LogP contribution in [0.5, 0.6) is 5.75 Å². The minimum atomic E-state index is -0.344. The van der Waals surface area contributed by atoms with E-state index in [1.54, 1.807) is 54.6 Å². The maximum Gasteiger partial charge on any atom is 0.244 e. The monoisotopic (exact) mass is 380 g/mol. The fourth-order valence-corrected chi connectivity index (χ4v) is 2.43. The lowest BCUT2D eigenvalue weighted by Crippen LogP contribution is -2.19. The highest BCUT2D eigenvalue weighted by atomic mass is 19.1. The number of hydrazone groups is 1. The van der Waals surface area contributed by atoms with Gasteiger partial charge in [-0.1, -0.05) is 30.3 Å². The van der Waals surface area contributed by atoms with Crippen LogP contribution in [0.3, 0.4) is 0 Å². The van der Waals surface area contributed by atoms with E-state index in [1.807, 2.05) is 0 Å². The molecule has 1 amide bonds. The van der Waals surface area contributed by atoms with Gasteiger partial charge in [0.15, 0.2) is 0 Å². The molecule has 0 atom stereocenters.